The lowest BCUT2D eigenvalue weighted by atomic mass is 10.1. The lowest BCUT2D eigenvalue weighted by Gasteiger charge is -2.16. The second-order valence-electron chi connectivity index (χ2n) is 4.92. The zero-order chi connectivity index (χ0) is 14.2. The number of amides is 1. The first kappa shape index (κ1) is 14.4. The van der Waals surface area contributed by atoms with Crippen molar-refractivity contribution in [1.29, 1.82) is 0 Å². The van der Waals surface area contributed by atoms with Crippen LogP contribution in [0.2, 0.25) is 0 Å². The Balaban J connectivity index is 2.23. The summed E-state index contributed by atoms with van der Waals surface area (Å²) in [7, 11) is 3.14. The molecule has 1 saturated heterocycles. The van der Waals surface area contributed by atoms with E-state index < -0.39 is 9.05 Å². The highest BCUT2D eigenvalue weighted by molar-refractivity contribution is 8.13. The highest BCUT2D eigenvalue weighted by Crippen LogP contribution is 2.23. The van der Waals surface area contributed by atoms with Crippen molar-refractivity contribution in [3.8, 4) is 0 Å². The summed E-state index contributed by atoms with van der Waals surface area (Å²) in [5.41, 5.74) is 0.357. The normalized spacial score (nSPS) is 19.9. The minimum Gasteiger partial charge on any atom is -0.345 e. The molecule has 1 atom stereocenters. The third-order valence-electron chi connectivity index (χ3n) is 3.63. The lowest BCUT2D eigenvalue weighted by molar-refractivity contribution is 0.0777. The number of likely N-dealkylation sites (tertiary alicyclic amines) is 1. The summed E-state index contributed by atoms with van der Waals surface area (Å²) < 4.78 is 24.0. The fourth-order valence-corrected chi connectivity index (χ4v) is 3.18. The molecule has 0 spiro atoms. The molecule has 0 radical (unpaired) electrons. The van der Waals surface area contributed by atoms with Crippen LogP contribution in [-0.2, 0) is 16.1 Å². The van der Waals surface area contributed by atoms with E-state index >= 15 is 0 Å². The summed E-state index contributed by atoms with van der Waals surface area (Å²) in [4.78, 5) is 14.1. The van der Waals surface area contributed by atoms with E-state index in [1.807, 2.05) is 0 Å². The second kappa shape index (κ2) is 5.17. The molecule has 1 unspecified atom stereocenters. The van der Waals surface area contributed by atoms with Gasteiger partial charge >= 0.3 is 0 Å². The first-order valence-corrected chi connectivity index (χ1v) is 8.54. The number of aryl methyl sites for hydroxylation is 1. The predicted molar refractivity (Wildman–Crippen MR) is 72.8 cm³/mol. The minimum absolute atomic E-state index is 0.0359. The van der Waals surface area contributed by atoms with E-state index in [-0.39, 0.29) is 10.8 Å². The summed E-state index contributed by atoms with van der Waals surface area (Å²) in [5.74, 6) is 0.408. The summed E-state index contributed by atoms with van der Waals surface area (Å²) >= 11 is 0. The van der Waals surface area contributed by atoms with Gasteiger partial charge in [-0.2, -0.15) is 0 Å². The molecular formula is C12H17ClN2O3S. The Morgan fingerprint density at radius 1 is 1.53 bits per heavy atom. The van der Waals surface area contributed by atoms with Crippen molar-refractivity contribution in [3.05, 3.63) is 18.0 Å². The summed E-state index contributed by atoms with van der Waals surface area (Å²) in [6.45, 7) is 3.58. The molecule has 1 amide bonds. The first-order chi connectivity index (χ1) is 8.82. The first-order valence-electron chi connectivity index (χ1n) is 6.23. The van der Waals surface area contributed by atoms with Crippen LogP contribution in [0.5, 0.6) is 0 Å². The average Bonchev–Trinajstić information content (AvgIpc) is 2.93. The fourth-order valence-electron chi connectivity index (χ4n) is 2.39. The summed E-state index contributed by atoms with van der Waals surface area (Å²) in [6, 6.07) is 1.34. The largest absolute Gasteiger partial charge is 0.345 e. The van der Waals surface area contributed by atoms with Gasteiger partial charge in [-0.1, -0.05) is 13.3 Å². The minimum atomic E-state index is -3.80. The molecule has 5 nitrogen and oxygen atoms in total. The number of hydrogen-bond acceptors (Lipinski definition) is 3. The number of aromatic nitrogens is 1. The van der Waals surface area contributed by atoms with Crippen molar-refractivity contribution in [2.75, 3.05) is 13.1 Å². The number of rotatable bonds is 3. The molecule has 1 aliphatic rings. The van der Waals surface area contributed by atoms with Gasteiger partial charge in [0.1, 0.15) is 10.6 Å². The molecule has 0 N–H and O–H groups in total. The molecule has 1 aliphatic heterocycles. The van der Waals surface area contributed by atoms with E-state index in [4.69, 9.17) is 10.7 Å². The van der Waals surface area contributed by atoms with Gasteiger partial charge < -0.3 is 9.47 Å². The zero-order valence-corrected chi connectivity index (χ0v) is 12.5. The molecule has 2 rings (SSSR count). The molecule has 0 saturated carbocycles. The Morgan fingerprint density at radius 2 is 2.21 bits per heavy atom. The molecule has 2 heterocycles. The van der Waals surface area contributed by atoms with Gasteiger partial charge in [-0.05, 0) is 18.4 Å². The van der Waals surface area contributed by atoms with E-state index in [0.717, 1.165) is 25.9 Å². The Labute approximate surface area is 117 Å². The van der Waals surface area contributed by atoms with Crippen LogP contribution in [0.3, 0.4) is 0 Å². The highest BCUT2D eigenvalue weighted by Gasteiger charge is 2.28. The van der Waals surface area contributed by atoms with Crippen LogP contribution in [-0.4, -0.2) is 36.9 Å². The van der Waals surface area contributed by atoms with Gasteiger partial charge in [0.15, 0.2) is 0 Å². The van der Waals surface area contributed by atoms with Crippen molar-refractivity contribution < 1.29 is 13.2 Å². The van der Waals surface area contributed by atoms with Crippen molar-refractivity contribution in [2.24, 2.45) is 13.0 Å². The third kappa shape index (κ3) is 2.95. The molecule has 19 heavy (non-hydrogen) atoms. The number of carbonyl (C=O) groups excluding carboxylic acids is 1. The maximum absolute atomic E-state index is 12.3. The molecule has 0 aliphatic carbocycles. The van der Waals surface area contributed by atoms with Gasteiger partial charge in [0, 0.05) is 37.0 Å². The van der Waals surface area contributed by atoms with Gasteiger partial charge in [-0.15, -0.1) is 0 Å². The quantitative estimate of drug-likeness (QED) is 0.800. The Hall–Kier alpha value is -1.01. The maximum atomic E-state index is 12.3. The smallest absolute Gasteiger partial charge is 0.270 e. The van der Waals surface area contributed by atoms with E-state index in [9.17, 15) is 13.2 Å². The Bertz CT molecular complexity index is 594. The predicted octanol–water partition coefficient (Wildman–Crippen LogP) is 1.82. The van der Waals surface area contributed by atoms with Crippen LogP contribution in [0.4, 0.5) is 0 Å². The van der Waals surface area contributed by atoms with E-state index in [0.29, 0.717) is 11.6 Å². The van der Waals surface area contributed by atoms with Gasteiger partial charge in [-0.25, -0.2) is 8.42 Å². The van der Waals surface area contributed by atoms with Crippen LogP contribution < -0.4 is 0 Å². The zero-order valence-electron chi connectivity index (χ0n) is 11.0. The second-order valence-corrected chi connectivity index (χ2v) is 7.49. The molecule has 106 valence electrons. The van der Waals surface area contributed by atoms with E-state index in [1.54, 1.807) is 11.9 Å². The van der Waals surface area contributed by atoms with Gasteiger partial charge in [0.05, 0.1) is 0 Å². The standard InChI is InChI=1S/C12H17ClN2O3S/c1-3-9-4-5-15(7-9)12(16)11-6-10(8-14(11)2)19(13,17)18/h6,8-9H,3-5,7H2,1-2H3. The van der Waals surface area contributed by atoms with Crippen molar-refractivity contribution in [1.82, 2.24) is 9.47 Å². The summed E-state index contributed by atoms with van der Waals surface area (Å²) in [5, 5.41) is 0. The van der Waals surface area contributed by atoms with Crippen molar-refractivity contribution in [2.45, 2.75) is 24.7 Å². The Morgan fingerprint density at radius 3 is 2.68 bits per heavy atom. The van der Waals surface area contributed by atoms with Crippen LogP contribution in [0.15, 0.2) is 17.2 Å². The summed E-state index contributed by atoms with van der Waals surface area (Å²) in [6.07, 6.45) is 3.43. The van der Waals surface area contributed by atoms with Crippen LogP contribution >= 0.6 is 10.7 Å². The van der Waals surface area contributed by atoms with Gasteiger partial charge in [0.25, 0.3) is 15.0 Å². The van der Waals surface area contributed by atoms with Gasteiger partial charge in [0.2, 0.25) is 0 Å². The van der Waals surface area contributed by atoms with Crippen molar-refractivity contribution in [3.63, 3.8) is 0 Å². The highest BCUT2D eigenvalue weighted by atomic mass is 35.7. The fraction of sp³-hybridized carbons (Fsp3) is 0.583. The number of hydrogen-bond donors (Lipinski definition) is 0. The maximum Gasteiger partial charge on any atom is 0.270 e. The number of nitrogens with zero attached hydrogens (tertiary/aromatic N) is 2. The molecule has 0 aromatic carbocycles. The van der Waals surface area contributed by atoms with Crippen LogP contribution in [0, 0.1) is 5.92 Å². The lowest BCUT2D eigenvalue weighted by Crippen LogP contribution is -2.30. The molecule has 0 bridgehead atoms. The van der Waals surface area contributed by atoms with E-state index in [1.165, 1.54) is 16.8 Å². The van der Waals surface area contributed by atoms with Crippen LogP contribution in [0.1, 0.15) is 30.3 Å². The topological polar surface area (TPSA) is 59.4 Å². The number of halogens is 1. The molecule has 7 heteroatoms. The van der Waals surface area contributed by atoms with Crippen LogP contribution in [0.25, 0.3) is 0 Å². The average molecular weight is 305 g/mol. The van der Waals surface area contributed by atoms with Crippen molar-refractivity contribution >= 4 is 25.6 Å². The number of carbonyl (C=O) groups is 1. The van der Waals surface area contributed by atoms with Gasteiger partial charge in [-0.3, -0.25) is 4.79 Å². The SMILES string of the molecule is CCC1CCN(C(=O)c2cc(S(=O)(=O)Cl)cn2C)C1. The van der Waals surface area contributed by atoms with E-state index in [2.05, 4.69) is 6.92 Å². The third-order valence-corrected chi connectivity index (χ3v) is 4.95. The molecule has 1 aromatic heterocycles. The molecule has 1 aromatic rings. The molecular weight excluding hydrogens is 288 g/mol. The Kier molecular flexibility index (Phi) is 3.92. The molecule has 1 fully saturated rings. The monoisotopic (exact) mass is 304 g/mol.